The van der Waals surface area contributed by atoms with Crippen LogP contribution in [0.2, 0.25) is 0 Å². The Kier molecular flexibility index (Phi) is 3.48. The molecule has 4 heteroatoms. The molecule has 3 nitrogen and oxygen atoms in total. The molecule has 1 aromatic heterocycles. The number of hydrogen-bond acceptors (Lipinski definition) is 3. The standard InChI is InChI=1S/C14H17N3S/c1-9(2)17(3)13-10-6-4-5-7-12(10)16-8-11(13)14(15)18/h4-9H,1-3H3,(H2,15,18). The summed E-state index contributed by atoms with van der Waals surface area (Å²) in [5.74, 6) is 0. The van der Waals surface area contributed by atoms with Crippen LogP contribution < -0.4 is 10.6 Å². The van der Waals surface area contributed by atoms with Crippen molar-refractivity contribution in [3.05, 3.63) is 36.0 Å². The van der Waals surface area contributed by atoms with Crippen molar-refractivity contribution in [3.63, 3.8) is 0 Å². The van der Waals surface area contributed by atoms with E-state index in [1.165, 1.54) is 0 Å². The van der Waals surface area contributed by atoms with Gasteiger partial charge in [-0.15, -0.1) is 0 Å². The normalized spacial score (nSPS) is 10.9. The molecule has 2 rings (SSSR count). The summed E-state index contributed by atoms with van der Waals surface area (Å²) in [6, 6.07) is 8.40. The van der Waals surface area contributed by atoms with Gasteiger partial charge in [-0.2, -0.15) is 0 Å². The van der Waals surface area contributed by atoms with Gasteiger partial charge in [0.15, 0.2) is 0 Å². The molecule has 0 bridgehead atoms. The first kappa shape index (κ1) is 12.8. The van der Waals surface area contributed by atoms with Gasteiger partial charge in [0.05, 0.1) is 16.8 Å². The molecule has 0 radical (unpaired) electrons. The Bertz CT molecular complexity index is 593. The maximum absolute atomic E-state index is 5.81. The first-order valence-corrected chi connectivity index (χ1v) is 6.33. The molecule has 94 valence electrons. The number of anilines is 1. The lowest BCUT2D eigenvalue weighted by Crippen LogP contribution is -2.28. The maximum Gasteiger partial charge on any atom is 0.107 e. The predicted molar refractivity (Wildman–Crippen MR) is 81.2 cm³/mol. The van der Waals surface area contributed by atoms with Gasteiger partial charge >= 0.3 is 0 Å². The number of benzene rings is 1. The number of nitrogens with zero attached hydrogens (tertiary/aromatic N) is 2. The predicted octanol–water partition coefficient (Wildman–Crippen LogP) is 2.71. The third kappa shape index (κ3) is 2.16. The van der Waals surface area contributed by atoms with Gasteiger partial charge in [-0.25, -0.2) is 0 Å². The Hall–Kier alpha value is -1.68. The molecule has 0 saturated carbocycles. The first-order chi connectivity index (χ1) is 8.52. The second-order valence-corrected chi connectivity index (χ2v) is 5.05. The monoisotopic (exact) mass is 259 g/mol. The largest absolute Gasteiger partial charge is 0.389 e. The lowest BCUT2D eigenvalue weighted by molar-refractivity contribution is 0.756. The van der Waals surface area contributed by atoms with E-state index in [1.54, 1.807) is 6.20 Å². The summed E-state index contributed by atoms with van der Waals surface area (Å²) in [5, 5.41) is 1.08. The molecule has 0 amide bonds. The molecule has 0 atom stereocenters. The molecule has 0 fully saturated rings. The fraction of sp³-hybridized carbons (Fsp3) is 0.286. The van der Waals surface area contributed by atoms with Crippen molar-refractivity contribution in [1.82, 2.24) is 4.98 Å². The summed E-state index contributed by atoms with van der Waals surface area (Å²) in [6.07, 6.45) is 1.76. The van der Waals surface area contributed by atoms with Crippen LogP contribution in [0.5, 0.6) is 0 Å². The van der Waals surface area contributed by atoms with Crippen LogP contribution in [0.15, 0.2) is 30.5 Å². The van der Waals surface area contributed by atoms with Crippen LogP contribution in [0, 0.1) is 0 Å². The Morgan fingerprint density at radius 2 is 2.00 bits per heavy atom. The molecular formula is C14H17N3S. The number of nitrogens with two attached hydrogens (primary N) is 1. The Morgan fingerprint density at radius 3 is 2.61 bits per heavy atom. The van der Waals surface area contributed by atoms with Gasteiger partial charge in [0.2, 0.25) is 0 Å². The third-order valence-electron chi connectivity index (χ3n) is 3.14. The Morgan fingerprint density at radius 1 is 1.33 bits per heavy atom. The molecule has 0 spiro atoms. The van der Waals surface area contributed by atoms with E-state index in [9.17, 15) is 0 Å². The second kappa shape index (κ2) is 4.90. The van der Waals surface area contributed by atoms with Gasteiger partial charge in [-0.05, 0) is 19.9 Å². The summed E-state index contributed by atoms with van der Waals surface area (Å²) in [5.41, 5.74) is 8.66. The topological polar surface area (TPSA) is 42.1 Å². The maximum atomic E-state index is 5.81. The molecule has 1 aromatic carbocycles. The van der Waals surface area contributed by atoms with Crippen LogP contribution >= 0.6 is 12.2 Å². The van der Waals surface area contributed by atoms with Gasteiger partial charge in [-0.3, -0.25) is 4.98 Å². The molecular weight excluding hydrogens is 242 g/mol. The van der Waals surface area contributed by atoms with Crippen LogP contribution in [0.1, 0.15) is 19.4 Å². The zero-order valence-electron chi connectivity index (χ0n) is 10.8. The summed E-state index contributed by atoms with van der Waals surface area (Å²) >= 11 is 5.13. The highest BCUT2D eigenvalue weighted by atomic mass is 32.1. The van der Waals surface area contributed by atoms with Gasteiger partial charge < -0.3 is 10.6 Å². The number of pyridine rings is 1. The number of hydrogen-bond donors (Lipinski definition) is 1. The van der Waals surface area contributed by atoms with Crippen molar-refractivity contribution < 1.29 is 0 Å². The Labute approximate surface area is 113 Å². The number of thiocarbonyl (C=S) groups is 1. The van der Waals surface area contributed by atoms with E-state index in [2.05, 4.69) is 29.8 Å². The molecule has 0 saturated heterocycles. The first-order valence-electron chi connectivity index (χ1n) is 5.92. The molecule has 18 heavy (non-hydrogen) atoms. The smallest absolute Gasteiger partial charge is 0.107 e. The minimum absolute atomic E-state index is 0.365. The van der Waals surface area contributed by atoms with Crippen molar-refractivity contribution >= 4 is 33.8 Å². The minimum Gasteiger partial charge on any atom is -0.389 e. The summed E-state index contributed by atoms with van der Waals surface area (Å²) in [7, 11) is 2.05. The van der Waals surface area contributed by atoms with Crippen molar-refractivity contribution in [2.45, 2.75) is 19.9 Å². The van der Waals surface area contributed by atoms with E-state index in [-0.39, 0.29) is 0 Å². The average Bonchev–Trinajstić information content (AvgIpc) is 2.36. The van der Waals surface area contributed by atoms with E-state index >= 15 is 0 Å². The fourth-order valence-electron chi connectivity index (χ4n) is 1.95. The lowest BCUT2D eigenvalue weighted by atomic mass is 10.1. The van der Waals surface area contributed by atoms with E-state index in [0.29, 0.717) is 11.0 Å². The molecule has 0 aliphatic carbocycles. The molecule has 0 aliphatic rings. The van der Waals surface area contributed by atoms with Crippen molar-refractivity contribution in [2.24, 2.45) is 5.73 Å². The number of aromatic nitrogens is 1. The van der Waals surface area contributed by atoms with Gasteiger partial charge in [0.25, 0.3) is 0 Å². The number of fused-ring (bicyclic) bond motifs is 1. The van der Waals surface area contributed by atoms with E-state index in [4.69, 9.17) is 18.0 Å². The molecule has 1 heterocycles. The fourth-order valence-corrected chi connectivity index (χ4v) is 2.09. The van der Waals surface area contributed by atoms with Crippen LogP contribution in [-0.4, -0.2) is 23.1 Å². The van der Waals surface area contributed by atoms with Crippen LogP contribution in [-0.2, 0) is 0 Å². The lowest BCUT2D eigenvalue weighted by Gasteiger charge is -2.27. The van der Waals surface area contributed by atoms with Gasteiger partial charge in [-0.1, -0.05) is 30.4 Å². The Balaban J connectivity index is 2.78. The summed E-state index contributed by atoms with van der Waals surface area (Å²) < 4.78 is 0. The van der Waals surface area contributed by atoms with E-state index < -0.39 is 0 Å². The second-order valence-electron chi connectivity index (χ2n) is 4.61. The van der Waals surface area contributed by atoms with E-state index in [0.717, 1.165) is 22.2 Å². The van der Waals surface area contributed by atoms with Crippen molar-refractivity contribution in [1.29, 1.82) is 0 Å². The third-order valence-corrected chi connectivity index (χ3v) is 3.36. The van der Waals surface area contributed by atoms with Crippen LogP contribution in [0.4, 0.5) is 5.69 Å². The van der Waals surface area contributed by atoms with Crippen molar-refractivity contribution in [2.75, 3.05) is 11.9 Å². The number of para-hydroxylation sites is 1. The SMILES string of the molecule is CC(C)N(C)c1c(C(N)=S)cnc2ccccc12. The highest BCUT2D eigenvalue weighted by Gasteiger charge is 2.16. The minimum atomic E-state index is 0.365. The molecule has 2 N–H and O–H groups in total. The zero-order chi connectivity index (χ0) is 13.3. The zero-order valence-corrected chi connectivity index (χ0v) is 11.7. The molecule has 0 aliphatic heterocycles. The van der Waals surface area contributed by atoms with Gasteiger partial charge in [0, 0.05) is 24.7 Å². The quantitative estimate of drug-likeness (QED) is 0.861. The van der Waals surface area contributed by atoms with Crippen molar-refractivity contribution in [3.8, 4) is 0 Å². The van der Waals surface area contributed by atoms with Crippen LogP contribution in [0.25, 0.3) is 10.9 Å². The average molecular weight is 259 g/mol. The molecule has 0 unspecified atom stereocenters. The molecule has 2 aromatic rings. The van der Waals surface area contributed by atoms with Gasteiger partial charge in [0.1, 0.15) is 4.99 Å². The number of rotatable bonds is 3. The highest BCUT2D eigenvalue weighted by Crippen LogP contribution is 2.29. The van der Waals surface area contributed by atoms with E-state index in [1.807, 2.05) is 25.2 Å². The highest BCUT2D eigenvalue weighted by molar-refractivity contribution is 7.80. The summed E-state index contributed by atoms with van der Waals surface area (Å²) in [4.78, 5) is 6.97. The summed E-state index contributed by atoms with van der Waals surface area (Å²) in [6.45, 7) is 4.27. The van der Waals surface area contributed by atoms with Crippen LogP contribution in [0.3, 0.4) is 0 Å².